The van der Waals surface area contributed by atoms with Crippen LogP contribution in [0.5, 0.6) is 0 Å². The van der Waals surface area contributed by atoms with Crippen molar-refractivity contribution in [3.63, 3.8) is 0 Å². The molecule has 1 N–H and O–H groups in total. The highest BCUT2D eigenvalue weighted by atomic mass is 79.9. The first-order valence-corrected chi connectivity index (χ1v) is 7.68. The van der Waals surface area contributed by atoms with Crippen molar-refractivity contribution >= 4 is 21.6 Å². The van der Waals surface area contributed by atoms with E-state index in [4.69, 9.17) is 0 Å². The lowest BCUT2D eigenvalue weighted by Gasteiger charge is -2.40. The fraction of sp³-hybridized carbons (Fsp3) is 0.600. The number of piperidine rings is 1. The summed E-state index contributed by atoms with van der Waals surface area (Å²) >= 11 is 3.63. The lowest BCUT2D eigenvalue weighted by Crippen LogP contribution is -2.47. The largest absolute Gasteiger partial charge is 0.368 e. The van der Waals surface area contributed by atoms with E-state index in [1.54, 1.807) is 0 Å². The van der Waals surface area contributed by atoms with Crippen LogP contribution in [0.25, 0.3) is 0 Å². The first-order chi connectivity index (χ1) is 8.63. The quantitative estimate of drug-likeness (QED) is 0.915. The monoisotopic (exact) mass is 310 g/mol. The molecule has 1 aliphatic rings. The van der Waals surface area contributed by atoms with Crippen LogP contribution in [0, 0.1) is 6.92 Å². The summed E-state index contributed by atoms with van der Waals surface area (Å²) in [5, 5.41) is 3.58. The van der Waals surface area contributed by atoms with Gasteiger partial charge in [-0.1, -0.05) is 28.9 Å². The number of nitrogens with zero attached hydrogens (tertiary/aromatic N) is 1. The maximum atomic E-state index is 3.63. The van der Waals surface area contributed by atoms with Gasteiger partial charge in [0.15, 0.2) is 0 Å². The predicted molar refractivity (Wildman–Crippen MR) is 82.4 cm³/mol. The lowest BCUT2D eigenvalue weighted by molar-refractivity contribution is 0.374. The van der Waals surface area contributed by atoms with Gasteiger partial charge < -0.3 is 10.2 Å². The van der Waals surface area contributed by atoms with Crippen molar-refractivity contribution in [2.24, 2.45) is 0 Å². The molecular formula is C15H23BrN2. The normalized spacial score (nSPS) is 24.3. The van der Waals surface area contributed by atoms with Crippen LogP contribution in [0.3, 0.4) is 0 Å². The first kappa shape index (κ1) is 13.9. The maximum absolute atomic E-state index is 3.63. The van der Waals surface area contributed by atoms with Crippen LogP contribution in [0.2, 0.25) is 0 Å². The summed E-state index contributed by atoms with van der Waals surface area (Å²) in [6.45, 7) is 8.95. The van der Waals surface area contributed by atoms with Crippen LogP contribution < -0.4 is 10.2 Å². The number of rotatable bonds is 3. The molecule has 0 saturated carbocycles. The summed E-state index contributed by atoms with van der Waals surface area (Å²) in [6, 6.07) is 7.79. The van der Waals surface area contributed by atoms with E-state index in [1.165, 1.54) is 28.6 Å². The van der Waals surface area contributed by atoms with Gasteiger partial charge >= 0.3 is 0 Å². The van der Waals surface area contributed by atoms with Crippen molar-refractivity contribution in [3.8, 4) is 0 Å². The topological polar surface area (TPSA) is 15.3 Å². The summed E-state index contributed by atoms with van der Waals surface area (Å²) in [5.41, 5.74) is 2.73. The van der Waals surface area contributed by atoms with E-state index in [9.17, 15) is 0 Å². The summed E-state index contributed by atoms with van der Waals surface area (Å²) in [5.74, 6) is 0. The highest BCUT2D eigenvalue weighted by molar-refractivity contribution is 9.10. The van der Waals surface area contributed by atoms with Gasteiger partial charge in [-0.05, 0) is 50.9 Å². The fourth-order valence-electron chi connectivity index (χ4n) is 2.91. The second kappa shape index (κ2) is 6.07. The minimum atomic E-state index is 0.607. The molecule has 2 rings (SSSR count). The van der Waals surface area contributed by atoms with E-state index < -0.39 is 0 Å². The van der Waals surface area contributed by atoms with Crippen molar-refractivity contribution in [2.45, 2.75) is 45.7 Å². The molecule has 1 aromatic carbocycles. The smallest absolute Gasteiger partial charge is 0.0409 e. The number of halogens is 1. The Hall–Kier alpha value is -0.540. The molecule has 2 atom stereocenters. The van der Waals surface area contributed by atoms with Crippen molar-refractivity contribution in [2.75, 3.05) is 18.0 Å². The van der Waals surface area contributed by atoms with Crippen molar-refractivity contribution in [1.82, 2.24) is 5.32 Å². The summed E-state index contributed by atoms with van der Waals surface area (Å²) in [6.07, 6.45) is 2.48. The molecule has 1 aromatic rings. The maximum Gasteiger partial charge on any atom is 0.0409 e. The number of hydrogen-bond acceptors (Lipinski definition) is 2. The van der Waals surface area contributed by atoms with Crippen LogP contribution in [-0.4, -0.2) is 25.2 Å². The van der Waals surface area contributed by atoms with Gasteiger partial charge in [-0.2, -0.15) is 0 Å². The molecule has 0 aromatic heterocycles. The molecule has 0 aliphatic carbocycles. The van der Waals surface area contributed by atoms with Gasteiger partial charge in [-0.15, -0.1) is 0 Å². The molecule has 1 saturated heterocycles. The Labute approximate surface area is 119 Å². The van der Waals surface area contributed by atoms with E-state index in [0.717, 1.165) is 13.1 Å². The molecule has 0 radical (unpaired) electrons. The molecule has 18 heavy (non-hydrogen) atoms. The SMILES string of the molecule is CCNC1CCN(c2cccc(Br)c2C)C(C)C1. The molecule has 1 heterocycles. The van der Waals surface area contributed by atoms with Crippen molar-refractivity contribution in [1.29, 1.82) is 0 Å². The van der Waals surface area contributed by atoms with Gasteiger partial charge in [0.05, 0.1) is 0 Å². The van der Waals surface area contributed by atoms with Crippen molar-refractivity contribution in [3.05, 3.63) is 28.2 Å². The summed E-state index contributed by atoms with van der Waals surface area (Å²) in [4.78, 5) is 2.55. The zero-order chi connectivity index (χ0) is 13.1. The van der Waals surface area contributed by atoms with Gasteiger partial charge in [0, 0.05) is 28.8 Å². The average molecular weight is 311 g/mol. The van der Waals surface area contributed by atoms with Gasteiger partial charge in [0.1, 0.15) is 0 Å². The summed E-state index contributed by atoms with van der Waals surface area (Å²) < 4.78 is 1.21. The minimum absolute atomic E-state index is 0.607. The Morgan fingerprint density at radius 2 is 2.22 bits per heavy atom. The lowest BCUT2D eigenvalue weighted by atomic mass is 9.96. The van der Waals surface area contributed by atoms with E-state index in [2.05, 4.69) is 65.1 Å². The molecule has 0 spiro atoms. The minimum Gasteiger partial charge on any atom is -0.368 e. The third kappa shape index (κ3) is 2.89. The van der Waals surface area contributed by atoms with E-state index in [1.807, 2.05) is 0 Å². The van der Waals surface area contributed by atoms with Crippen LogP contribution >= 0.6 is 15.9 Å². The first-order valence-electron chi connectivity index (χ1n) is 6.88. The zero-order valence-electron chi connectivity index (χ0n) is 11.5. The second-order valence-corrected chi connectivity index (χ2v) is 6.06. The fourth-order valence-corrected chi connectivity index (χ4v) is 3.27. The zero-order valence-corrected chi connectivity index (χ0v) is 13.1. The highest BCUT2D eigenvalue weighted by Crippen LogP contribution is 2.31. The van der Waals surface area contributed by atoms with Gasteiger partial charge in [-0.25, -0.2) is 0 Å². The number of anilines is 1. The standard InChI is InChI=1S/C15H23BrN2/c1-4-17-13-8-9-18(11(2)10-13)15-7-5-6-14(16)12(15)3/h5-7,11,13,17H,4,8-10H2,1-3H3. The van der Waals surface area contributed by atoms with Crippen LogP contribution in [0.4, 0.5) is 5.69 Å². The van der Waals surface area contributed by atoms with Crippen LogP contribution in [0.1, 0.15) is 32.3 Å². The second-order valence-electron chi connectivity index (χ2n) is 5.21. The Morgan fingerprint density at radius 1 is 1.44 bits per heavy atom. The van der Waals surface area contributed by atoms with Crippen LogP contribution in [0.15, 0.2) is 22.7 Å². The third-order valence-electron chi connectivity index (χ3n) is 3.92. The Bertz CT molecular complexity index is 405. The predicted octanol–water partition coefficient (Wildman–Crippen LogP) is 3.72. The van der Waals surface area contributed by atoms with Gasteiger partial charge in [-0.3, -0.25) is 0 Å². The molecule has 1 aliphatic heterocycles. The van der Waals surface area contributed by atoms with Crippen molar-refractivity contribution < 1.29 is 0 Å². The Balaban J connectivity index is 2.13. The molecule has 1 fully saturated rings. The summed E-state index contributed by atoms with van der Waals surface area (Å²) in [7, 11) is 0. The Morgan fingerprint density at radius 3 is 2.89 bits per heavy atom. The van der Waals surface area contributed by atoms with E-state index >= 15 is 0 Å². The third-order valence-corrected chi connectivity index (χ3v) is 4.78. The van der Waals surface area contributed by atoms with Gasteiger partial charge in [0.25, 0.3) is 0 Å². The van der Waals surface area contributed by atoms with Gasteiger partial charge in [0.2, 0.25) is 0 Å². The average Bonchev–Trinajstić information content (AvgIpc) is 2.34. The number of hydrogen-bond donors (Lipinski definition) is 1. The molecule has 2 nitrogen and oxygen atoms in total. The molecule has 3 heteroatoms. The number of benzene rings is 1. The van der Waals surface area contributed by atoms with E-state index in [0.29, 0.717) is 12.1 Å². The number of nitrogens with one attached hydrogen (secondary N) is 1. The highest BCUT2D eigenvalue weighted by Gasteiger charge is 2.25. The molecule has 0 amide bonds. The molecule has 0 bridgehead atoms. The molecule has 2 unspecified atom stereocenters. The van der Waals surface area contributed by atoms with Crippen LogP contribution in [-0.2, 0) is 0 Å². The Kier molecular flexibility index (Phi) is 4.68. The molecule has 100 valence electrons. The van der Waals surface area contributed by atoms with E-state index in [-0.39, 0.29) is 0 Å². The molecular weight excluding hydrogens is 288 g/mol.